The third-order valence-corrected chi connectivity index (χ3v) is 9.59. The Bertz CT molecular complexity index is 2230. The Balaban J connectivity index is 1.32. The lowest BCUT2D eigenvalue weighted by molar-refractivity contribution is 0.1000. The molecule has 0 spiro atoms. The molecule has 0 radical (unpaired) electrons. The zero-order valence-electron chi connectivity index (χ0n) is 31.3. The number of methoxy groups -OCH3 is 1. The van der Waals surface area contributed by atoms with Crippen molar-refractivity contribution in [3.8, 4) is 34.0 Å². The van der Waals surface area contributed by atoms with Gasteiger partial charge in [-0.05, 0) is 76.9 Å². The molecule has 0 saturated heterocycles. The number of anilines is 2. The van der Waals surface area contributed by atoms with Crippen LogP contribution in [0.3, 0.4) is 0 Å². The lowest BCUT2D eigenvalue weighted by Crippen LogP contribution is -2.24. The number of pyridine rings is 2. The van der Waals surface area contributed by atoms with Crippen molar-refractivity contribution in [3.63, 3.8) is 0 Å². The maximum absolute atomic E-state index is 12.9. The van der Waals surface area contributed by atoms with E-state index in [4.69, 9.17) is 24.9 Å². The molecule has 1 fully saturated rings. The Morgan fingerprint density at radius 3 is 2.13 bits per heavy atom. The van der Waals surface area contributed by atoms with Gasteiger partial charge in [0.2, 0.25) is 5.88 Å². The molecule has 1 amide bonds. The second-order valence-corrected chi connectivity index (χ2v) is 14.6. The molecule has 1 aliphatic carbocycles. The fourth-order valence-electron chi connectivity index (χ4n) is 6.73. The van der Waals surface area contributed by atoms with Gasteiger partial charge in [0.25, 0.3) is 5.91 Å². The van der Waals surface area contributed by atoms with Crippen LogP contribution in [-0.4, -0.2) is 29.0 Å². The first-order valence-corrected chi connectivity index (χ1v) is 18.4. The molecule has 2 heterocycles. The van der Waals surface area contributed by atoms with Crippen molar-refractivity contribution in [3.05, 3.63) is 155 Å². The summed E-state index contributed by atoms with van der Waals surface area (Å²) in [5.41, 5.74) is 14.2. The number of hydrogen-bond donors (Lipinski definition) is 1. The van der Waals surface area contributed by atoms with Gasteiger partial charge >= 0.3 is 0 Å². The molecule has 7 rings (SSSR count). The molecule has 54 heavy (non-hydrogen) atoms. The van der Waals surface area contributed by atoms with E-state index in [1.54, 1.807) is 19.4 Å². The highest BCUT2D eigenvalue weighted by molar-refractivity contribution is 5.99. The summed E-state index contributed by atoms with van der Waals surface area (Å²) in [6.45, 7) is 7.75. The molecule has 8 heteroatoms. The smallest absolute Gasteiger partial charge is 0.250 e. The second-order valence-electron chi connectivity index (χ2n) is 14.6. The Labute approximate surface area is 317 Å². The molecule has 1 saturated carbocycles. The van der Waals surface area contributed by atoms with Crippen LogP contribution in [0.2, 0.25) is 0 Å². The quantitative estimate of drug-likeness (QED) is 0.120. The van der Waals surface area contributed by atoms with Gasteiger partial charge < -0.3 is 24.8 Å². The van der Waals surface area contributed by atoms with E-state index in [2.05, 4.69) is 42.8 Å². The Hall–Kier alpha value is -5.99. The molecular formula is C46H46N4O4. The minimum atomic E-state index is -0.545. The third-order valence-electron chi connectivity index (χ3n) is 9.59. The summed E-state index contributed by atoms with van der Waals surface area (Å²) in [6.07, 6.45) is 3.72. The van der Waals surface area contributed by atoms with E-state index in [0.29, 0.717) is 42.8 Å². The lowest BCUT2D eigenvalue weighted by Gasteiger charge is -2.31. The van der Waals surface area contributed by atoms with Gasteiger partial charge in [0.05, 0.1) is 37.3 Å². The maximum atomic E-state index is 12.9. The van der Waals surface area contributed by atoms with Gasteiger partial charge in [0.15, 0.2) is 0 Å². The van der Waals surface area contributed by atoms with Crippen LogP contribution in [0.1, 0.15) is 66.2 Å². The molecular weight excluding hydrogens is 673 g/mol. The van der Waals surface area contributed by atoms with Crippen molar-refractivity contribution in [1.29, 1.82) is 0 Å². The zero-order chi connectivity index (χ0) is 37.7. The number of rotatable bonds is 14. The van der Waals surface area contributed by atoms with Crippen molar-refractivity contribution >= 4 is 17.4 Å². The first-order chi connectivity index (χ1) is 26.2. The zero-order valence-corrected chi connectivity index (χ0v) is 31.3. The average molecular weight is 719 g/mol. The van der Waals surface area contributed by atoms with Crippen molar-refractivity contribution in [1.82, 2.24) is 9.97 Å². The Morgan fingerprint density at radius 2 is 1.46 bits per heavy atom. The van der Waals surface area contributed by atoms with Crippen LogP contribution in [0.4, 0.5) is 11.5 Å². The van der Waals surface area contributed by atoms with Crippen LogP contribution in [0.25, 0.3) is 22.4 Å². The highest BCUT2D eigenvalue weighted by atomic mass is 16.5. The highest BCUT2D eigenvalue weighted by Crippen LogP contribution is 2.49. The predicted octanol–water partition coefficient (Wildman–Crippen LogP) is 9.81. The Morgan fingerprint density at radius 1 is 0.796 bits per heavy atom. The van der Waals surface area contributed by atoms with Gasteiger partial charge in [-0.15, -0.1) is 0 Å². The van der Waals surface area contributed by atoms with Crippen LogP contribution in [0, 0.1) is 0 Å². The summed E-state index contributed by atoms with van der Waals surface area (Å²) < 4.78 is 18.8. The van der Waals surface area contributed by atoms with Crippen LogP contribution >= 0.6 is 0 Å². The minimum absolute atomic E-state index is 0.175. The van der Waals surface area contributed by atoms with E-state index >= 15 is 0 Å². The molecule has 4 aromatic carbocycles. The van der Waals surface area contributed by atoms with E-state index in [0.717, 1.165) is 63.2 Å². The number of carbonyl (C=O) groups is 1. The van der Waals surface area contributed by atoms with E-state index in [9.17, 15) is 4.79 Å². The van der Waals surface area contributed by atoms with Crippen molar-refractivity contribution in [2.24, 2.45) is 5.73 Å². The number of carbonyl (C=O) groups excluding carboxylic acids is 1. The van der Waals surface area contributed by atoms with Gasteiger partial charge in [-0.2, -0.15) is 0 Å². The second kappa shape index (κ2) is 15.9. The predicted molar refractivity (Wildman–Crippen MR) is 214 cm³/mol. The molecule has 8 nitrogen and oxygen atoms in total. The fraction of sp³-hybridized carbons (Fsp3) is 0.239. The van der Waals surface area contributed by atoms with Crippen LogP contribution in [-0.2, 0) is 30.0 Å². The van der Waals surface area contributed by atoms with Crippen LogP contribution < -0.4 is 20.1 Å². The number of aromatic nitrogens is 2. The molecule has 0 atom stereocenters. The van der Waals surface area contributed by atoms with E-state index in [1.807, 2.05) is 103 Å². The van der Waals surface area contributed by atoms with Crippen molar-refractivity contribution in [2.75, 3.05) is 12.0 Å². The standard InChI is InChI=1S/C46H46N4O4/c1-46(2,3)39-26-34(37-20-13-25-48-45(37)54-29-32-16-9-6-10-17-32)27-40(43(39)52-4)50(35-21-22-35)41-24-23-38(44(47)51)42(49-41)36-19-12-11-18-33(36)30-53-28-31-14-7-5-8-15-31/h5-20,23-27,35H,21-22,28-30H2,1-4H3,(H2,47,51). The fourth-order valence-corrected chi connectivity index (χ4v) is 6.73. The summed E-state index contributed by atoms with van der Waals surface area (Å²) in [4.78, 5) is 25.1. The molecule has 6 aromatic rings. The molecule has 274 valence electrons. The van der Waals surface area contributed by atoms with Gasteiger partial charge in [0.1, 0.15) is 18.2 Å². The summed E-state index contributed by atoms with van der Waals surface area (Å²) >= 11 is 0. The lowest BCUT2D eigenvalue weighted by atomic mass is 9.84. The van der Waals surface area contributed by atoms with Gasteiger partial charge in [-0.1, -0.05) is 106 Å². The number of hydrogen-bond acceptors (Lipinski definition) is 7. The van der Waals surface area contributed by atoms with Gasteiger partial charge in [0, 0.05) is 28.9 Å². The number of amides is 1. The van der Waals surface area contributed by atoms with E-state index < -0.39 is 5.91 Å². The van der Waals surface area contributed by atoms with Crippen molar-refractivity contribution in [2.45, 2.75) is 64.9 Å². The van der Waals surface area contributed by atoms with Gasteiger partial charge in [-0.3, -0.25) is 4.79 Å². The van der Waals surface area contributed by atoms with Crippen LogP contribution in [0.5, 0.6) is 11.6 Å². The van der Waals surface area contributed by atoms with Gasteiger partial charge in [-0.25, -0.2) is 9.97 Å². The van der Waals surface area contributed by atoms with E-state index in [1.165, 1.54) is 0 Å². The molecule has 0 bridgehead atoms. The Kier molecular flexibility index (Phi) is 10.7. The number of primary amides is 1. The molecule has 2 aromatic heterocycles. The van der Waals surface area contributed by atoms with Crippen molar-refractivity contribution < 1.29 is 19.0 Å². The average Bonchev–Trinajstić information content (AvgIpc) is 4.03. The normalized spacial score (nSPS) is 12.7. The summed E-state index contributed by atoms with van der Waals surface area (Å²) in [5, 5.41) is 0. The first kappa shape index (κ1) is 36.4. The molecule has 0 unspecified atom stereocenters. The molecule has 0 aliphatic heterocycles. The minimum Gasteiger partial charge on any atom is -0.494 e. The molecule has 2 N–H and O–H groups in total. The summed E-state index contributed by atoms with van der Waals surface area (Å²) in [6, 6.07) is 40.2. The summed E-state index contributed by atoms with van der Waals surface area (Å²) in [5.74, 6) is 1.47. The summed E-state index contributed by atoms with van der Waals surface area (Å²) in [7, 11) is 1.72. The topological polar surface area (TPSA) is 99.8 Å². The highest BCUT2D eigenvalue weighted by Gasteiger charge is 2.36. The van der Waals surface area contributed by atoms with E-state index in [-0.39, 0.29) is 11.5 Å². The first-order valence-electron chi connectivity index (χ1n) is 18.4. The maximum Gasteiger partial charge on any atom is 0.250 e. The van der Waals surface area contributed by atoms with Crippen LogP contribution in [0.15, 0.2) is 128 Å². The molecule has 1 aliphatic rings. The largest absolute Gasteiger partial charge is 0.494 e. The number of nitrogens with zero attached hydrogens (tertiary/aromatic N) is 3. The monoisotopic (exact) mass is 718 g/mol. The third kappa shape index (κ3) is 8.14. The number of benzene rings is 4. The SMILES string of the molecule is COc1c(N(c2ccc(C(N)=O)c(-c3ccccc3COCc3ccccc3)n2)C2CC2)cc(-c2cccnc2OCc2ccccc2)cc1C(C)(C)C. The number of ether oxygens (including phenoxy) is 3. The number of nitrogens with two attached hydrogens (primary N) is 1.